The lowest BCUT2D eigenvalue weighted by molar-refractivity contribution is 0.0592. The second kappa shape index (κ2) is 7.15. The van der Waals surface area contributed by atoms with Gasteiger partial charge in [-0.15, -0.1) is 0 Å². The van der Waals surface area contributed by atoms with Crippen LogP contribution in [0.3, 0.4) is 0 Å². The minimum Gasteiger partial charge on any atom is -0.352 e. The Labute approximate surface area is 160 Å². The molecule has 1 saturated heterocycles. The number of carbonyl (C=O) groups excluding carboxylic acids is 2. The highest BCUT2D eigenvalue weighted by molar-refractivity contribution is 6.03. The van der Waals surface area contributed by atoms with Crippen molar-refractivity contribution in [2.24, 2.45) is 0 Å². The molecule has 4 rings (SSSR count). The average molecular weight is 377 g/mol. The Morgan fingerprint density at radius 3 is 2.96 bits per heavy atom. The molecule has 1 fully saturated rings. The van der Waals surface area contributed by atoms with Crippen LogP contribution in [0, 0.1) is 11.3 Å². The van der Waals surface area contributed by atoms with E-state index in [1.165, 1.54) is 18.6 Å². The molecule has 1 aliphatic rings. The van der Waals surface area contributed by atoms with Crippen LogP contribution in [0.2, 0.25) is 0 Å². The highest BCUT2D eigenvalue weighted by Gasteiger charge is 2.31. The summed E-state index contributed by atoms with van der Waals surface area (Å²) in [6, 6.07) is 5.20. The lowest BCUT2D eigenvalue weighted by Crippen LogP contribution is -2.51. The molecule has 0 bridgehead atoms. The predicted molar refractivity (Wildman–Crippen MR) is 100 cm³/mol. The highest BCUT2D eigenvalue weighted by atomic mass is 16.2. The number of hydrogen-bond acceptors (Lipinski definition) is 5. The first-order chi connectivity index (χ1) is 13.6. The van der Waals surface area contributed by atoms with E-state index in [4.69, 9.17) is 5.26 Å². The van der Waals surface area contributed by atoms with Gasteiger partial charge in [-0.05, 0) is 31.9 Å². The summed E-state index contributed by atoms with van der Waals surface area (Å²) in [5.74, 6) is -0.354. The number of fused-ring (bicyclic) bond motifs is 1. The van der Waals surface area contributed by atoms with Crippen LogP contribution in [-0.4, -0.2) is 55.3 Å². The maximum absolute atomic E-state index is 13.0. The molecule has 2 unspecified atom stereocenters. The standard InChI is InChI=1S/C19H19N7O2/c1-11-6-13(25-18(27)12-7-14(8-20)22-9-12)3-5-26(11)19(28)16-15-2-4-21-17(15)24-10-23-16/h2,4,7,9-11,13,22H,3,5-6H2,1H3,(H,25,27)(H,21,23,24). The number of piperidine rings is 1. The molecule has 2 atom stereocenters. The number of aromatic nitrogens is 4. The van der Waals surface area contributed by atoms with Gasteiger partial charge in [-0.1, -0.05) is 0 Å². The number of amides is 2. The van der Waals surface area contributed by atoms with Gasteiger partial charge in [-0.3, -0.25) is 9.59 Å². The largest absolute Gasteiger partial charge is 0.352 e. The molecule has 3 aromatic heterocycles. The summed E-state index contributed by atoms with van der Waals surface area (Å²) in [6.45, 7) is 2.49. The van der Waals surface area contributed by atoms with E-state index in [9.17, 15) is 9.59 Å². The van der Waals surface area contributed by atoms with Crippen LogP contribution in [0.25, 0.3) is 11.0 Å². The number of carbonyl (C=O) groups is 2. The predicted octanol–water partition coefficient (Wildman–Crippen LogP) is 1.58. The average Bonchev–Trinajstić information content (AvgIpc) is 3.36. The number of likely N-dealkylation sites (tertiary alicyclic amines) is 1. The van der Waals surface area contributed by atoms with Gasteiger partial charge in [-0.25, -0.2) is 9.97 Å². The Balaban J connectivity index is 1.42. The molecule has 3 N–H and O–H groups in total. The summed E-state index contributed by atoms with van der Waals surface area (Å²) in [7, 11) is 0. The molecule has 0 spiro atoms. The molecule has 9 nitrogen and oxygen atoms in total. The van der Waals surface area contributed by atoms with Crippen LogP contribution in [-0.2, 0) is 0 Å². The number of rotatable bonds is 3. The first-order valence-corrected chi connectivity index (χ1v) is 9.05. The van der Waals surface area contributed by atoms with Crippen molar-refractivity contribution in [3.05, 3.63) is 47.8 Å². The number of hydrogen-bond donors (Lipinski definition) is 3. The molecule has 3 aromatic rings. The third-order valence-corrected chi connectivity index (χ3v) is 5.09. The van der Waals surface area contributed by atoms with Crippen molar-refractivity contribution < 1.29 is 9.59 Å². The minimum atomic E-state index is -0.223. The van der Waals surface area contributed by atoms with Gasteiger partial charge >= 0.3 is 0 Å². The minimum absolute atomic E-state index is 0.0373. The van der Waals surface area contributed by atoms with Crippen molar-refractivity contribution in [3.8, 4) is 6.07 Å². The second-order valence-corrected chi connectivity index (χ2v) is 6.92. The third-order valence-electron chi connectivity index (χ3n) is 5.09. The molecule has 4 heterocycles. The number of aromatic amines is 2. The van der Waals surface area contributed by atoms with Gasteiger partial charge in [0.05, 0.1) is 10.9 Å². The molecule has 0 aliphatic carbocycles. The topological polar surface area (TPSA) is 131 Å². The Bertz CT molecular complexity index is 1080. The van der Waals surface area contributed by atoms with Crippen LogP contribution in [0.1, 0.15) is 46.3 Å². The van der Waals surface area contributed by atoms with Gasteiger partial charge in [0.1, 0.15) is 29.4 Å². The monoisotopic (exact) mass is 377 g/mol. The van der Waals surface area contributed by atoms with E-state index in [2.05, 4.69) is 25.3 Å². The fourth-order valence-corrected chi connectivity index (χ4v) is 3.64. The first-order valence-electron chi connectivity index (χ1n) is 9.05. The smallest absolute Gasteiger partial charge is 0.273 e. The quantitative estimate of drug-likeness (QED) is 0.638. The molecule has 0 aromatic carbocycles. The zero-order valence-corrected chi connectivity index (χ0v) is 15.3. The van der Waals surface area contributed by atoms with Crippen LogP contribution in [0.4, 0.5) is 0 Å². The van der Waals surface area contributed by atoms with Crippen molar-refractivity contribution in [1.29, 1.82) is 5.26 Å². The van der Waals surface area contributed by atoms with E-state index in [0.29, 0.717) is 47.4 Å². The molecule has 2 amide bonds. The first kappa shape index (κ1) is 17.7. The summed E-state index contributed by atoms with van der Waals surface area (Å²) in [5.41, 5.74) is 1.80. The van der Waals surface area contributed by atoms with Crippen molar-refractivity contribution >= 4 is 22.8 Å². The van der Waals surface area contributed by atoms with E-state index in [1.807, 2.05) is 13.0 Å². The summed E-state index contributed by atoms with van der Waals surface area (Å²) < 4.78 is 0. The SMILES string of the molecule is CC1CC(NC(=O)c2c[nH]c(C#N)c2)CCN1C(=O)c1ncnc2[nH]ccc12. The summed E-state index contributed by atoms with van der Waals surface area (Å²) in [5, 5.41) is 12.6. The van der Waals surface area contributed by atoms with Crippen LogP contribution in [0.15, 0.2) is 30.9 Å². The maximum atomic E-state index is 13.0. The molecule has 142 valence electrons. The lowest BCUT2D eigenvalue weighted by Gasteiger charge is -2.37. The van der Waals surface area contributed by atoms with Crippen LogP contribution >= 0.6 is 0 Å². The Morgan fingerprint density at radius 1 is 1.36 bits per heavy atom. The Hall–Kier alpha value is -3.67. The number of nitrogens with zero attached hydrogens (tertiary/aromatic N) is 4. The summed E-state index contributed by atoms with van der Waals surface area (Å²) in [4.78, 5) is 41.2. The van der Waals surface area contributed by atoms with E-state index in [1.54, 1.807) is 17.2 Å². The molecule has 28 heavy (non-hydrogen) atoms. The van der Waals surface area contributed by atoms with Gasteiger partial charge < -0.3 is 20.2 Å². The normalized spacial score (nSPS) is 19.4. The van der Waals surface area contributed by atoms with Crippen molar-refractivity contribution in [2.75, 3.05) is 6.54 Å². The summed E-state index contributed by atoms with van der Waals surface area (Å²) in [6.07, 6.45) is 5.94. The van der Waals surface area contributed by atoms with Gasteiger partial charge in [0, 0.05) is 31.0 Å². The van der Waals surface area contributed by atoms with E-state index < -0.39 is 0 Å². The number of H-pyrrole nitrogens is 2. The van der Waals surface area contributed by atoms with Crippen LogP contribution < -0.4 is 5.32 Å². The lowest BCUT2D eigenvalue weighted by atomic mass is 9.97. The van der Waals surface area contributed by atoms with E-state index >= 15 is 0 Å². The van der Waals surface area contributed by atoms with E-state index in [-0.39, 0.29) is 23.9 Å². The molecule has 1 aliphatic heterocycles. The molecular weight excluding hydrogens is 358 g/mol. The van der Waals surface area contributed by atoms with Gasteiger partial charge in [0.2, 0.25) is 0 Å². The maximum Gasteiger partial charge on any atom is 0.273 e. The van der Waals surface area contributed by atoms with E-state index in [0.717, 1.165) is 0 Å². The molecular formula is C19H19N7O2. The molecule has 9 heteroatoms. The van der Waals surface area contributed by atoms with Gasteiger partial charge in [0.15, 0.2) is 0 Å². The zero-order chi connectivity index (χ0) is 19.7. The fourth-order valence-electron chi connectivity index (χ4n) is 3.64. The fraction of sp³-hybridized carbons (Fsp3) is 0.316. The number of nitrogens with one attached hydrogen (secondary N) is 3. The third kappa shape index (κ3) is 3.20. The zero-order valence-electron chi connectivity index (χ0n) is 15.3. The van der Waals surface area contributed by atoms with Crippen molar-refractivity contribution in [3.63, 3.8) is 0 Å². The molecule has 0 radical (unpaired) electrons. The van der Waals surface area contributed by atoms with Gasteiger partial charge in [0.25, 0.3) is 11.8 Å². The summed E-state index contributed by atoms with van der Waals surface area (Å²) >= 11 is 0. The highest BCUT2D eigenvalue weighted by Crippen LogP contribution is 2.22. The molecule has 0 saturated carbocycles. The van der Waals surface area contributed by atoms with Gasteiger partial charge in [-0.2, -0.15) is 5.26 Å². The van der Waals surface area contributed by atoms with Crippen LogP contribution in [0.5, 0.6) is 0 Å². The second-order valence-electron chi connectivity index (χ2n) is 6.92. The Morgan fingerprint density at radius 2 is 2.21 bits per heavy atom. The van der Waals surface area contributed by atoms with Crippen molar-refractivity contribution in [2.45, 2.75) is 31.8 Å². The Kier molecular flexibility index (Phi) is 4.53. The number of nitriles is 1. The van der Waals surface area contributed by atoms with Crippen molar-refractivity contribution in [1.82, 2.24) is 30.2 Å².